The third kappa shape index (κ3) is 2.00. The lowest BCUT2D eigenvalue weighted by atomic mass is 10.1. The van der Waals surface area contributed by atoms with Crippen LogP contribution in [0.4, 0.5) is 0 Å². The Kier molecular flexibility index (Phi) is 3.07. The number of fused-ring (bicyclic) bond motifs is 1. The maximum Gasteiger partial charge on any atom is 0.100 e. The third-order valence-electron chi connectivity index (χ3n) is 3.99. The largest absolute Gasteiger partial charge is 0.326 e. The predicted octanol–water partition coefficient (Wildman–Crippen LogP) is 3.41. The molecule has 1 heterocycles. The zero-order chi connectivity index (χ0) is 14.3. The topological polar surface area (TPSA) is 43.8 Å². The zero-order valence-corrected chi connectivity index (χ0v) is 12.1. The molecule has 0 atom stereocenters. The van der Waals surface area contributed by atoms with Crippen LogP contribution in [-0.4, -0.2) is 9.55 Å². The van der Waals surface area contributed by atoms with E-state index in [4.69, 9.17) is 5.73 Å². The monoisotopic (exact) mass is 265 g/mol. The number of benzene rings is 2. The lowest BCUT2D eigenvalue weighted by Gasteiger charge is -2.09. The van der Waals surface area contributed by atoms with Gasteiger partial charge in [0.15, 0.2) is 0 Å². The molecule has 0 fully saturated rings. The second kappa shape index (κ2) is 4.76. The van der Waals surface area contributed by atoms with Crippen molar-refractivity contribution in [1.82, 2.24) is 9.55 Å². The number of nitrogens with zero attached hydrogens (tertiary/aromatic N) is 2. The summed E-state index contributed by atoms with van der Waals surface area (Å²) in [6.45, 7) is 6.93. The Morgan fingerprint density at radius 3 is 2.45 bits per heavy atom. The van der Waals surface area contributed by atoms with Crippen molar-refractivity contribution in [2.75, 3.05) is 0 Å². The third-order valence-corrected chi connectivity index (χ3v) is 3.99. The summed E-state index contributed by atoms with van der Waals surface area (Å²) < 4.78 is 2.13. The maximum absolute atomic E-state index is 5.73. The molecule has 102 valence electrons. The van der Waals surface area contributed by atoms with Gasteiger partial charge in [0.1, 0.15) is 6.33 Å². The molecule has 0 spiro atoms. The van der Waals surface area contributed by atoms with E-state index in [0.717, 1.165) is 16.7 Å². The Balaban J connectivity index is 2.19. The van der Waals surface area contributed by atoms with E-state index in [9.17, 15) is 0 Å². The SMILES string of the molecule is Cc1cc2ncn(-c3ccc(CN)c(C)c3)c2cc1C. The number of imidazole rings is 1. The average Bonchev–Trinajstić information content (AvgIpc) is 2.82. The standard InChI is InChI=1S/C17H19N3/c1-11-7-16-17(8-12(11)2)20(10-19-16)15-5-4-14(9-18)13(3)6-15/h4-8,10H,9,18H2,1-3H3. The lowest BCUT2D eigenvalue weighted by Crippen LogP contribution is -2.01. The Hall–Kier alpha value is -2.13. The van der Waals surface area contributed by atoms with Gasteiger partial charge in [0.2, 0.25) is 0 Å². The second-order valence-corrected chi connectivity index (χ2v) is 5.35. The number of rotatable bonds is 2. The molecule has 0 bridgehead atoms. The van der Waals surface area contributed by atoms with Crippen molar-refractivity contribution in [2.24, 2.45) is 5.73 Å². The molecule has 0 amide bonds. The van der Waals surface area contributed by atoms with E-state index in [1.807, 2.05) is 6.33 Å². The maximum atomic E-state index is 5.73. The molecule has 0 aliphatic heterocycles. The summed E-state index contributed by atoms with van der Waals surface area (Å²) >= 11 is 0. The molecule has 0 aliphatic rings. The van der Waals surface area contributed by atoms with Gasteiger partial charge in [-0.25, -0.2) is 4.98 Å². The minimum atomic E-state index is 0.578. The molecule has 3 rings (SSSR count). The summed E-state index contributed by atoms with van der Waals surface area (Å²) in [6, 6.07) is 10.7. The molecule has 1 aromatic heterocycles. The molecular weight excluding hydrogens is 246 g/mol. The van der Waals surface area contributed by atoms with E-state index < -0.39 is 0 Å². The minimum absolute atomic E-state index is 0.578. The summed E-state index contributed by atoms with van der Waals surface area (Å²) in [5.41, 5.74) is 14.0. The molecule has 0 aliphatic carbocycles. The van der Waals surface area contributed by atoms with Gasteiger partial charge in [0.05, 0.1) is 11.0 Å². The van der Waals surface area contributed by atoms with Crippen LogP contribution < -0.4 is 5.73 Å². The van der Waals surface area contributed by atoms with Crippen LogP contribution in [0.1, 0.15) is 22.3 Å². The number of nitrogens with two attached hydrogens (primary N) is 1. The highest BCUT2D eigenvalue weighted by Crippen LogP contribution is 2.23. The van der Waals surface area contributed by atoms with Crippen LogP contribution in [0.3, 0.4) is 0 Å². The molecule has 3 nitrogen and oxygen atoms in total. The van der Waals surface area contributed by atoms with Crippen LogP contribution in [0.25, 0.3) is 16.7 Å². The van der Waals surface area contributed by atoms with Crippen molar-refractivity contribution < 1.29 is 0 Å². The Labute approximate surface area is 119 Å². The average molecular weight is 265 g/mol. The highest BCUT2D eigenvalue weighted by atomic mass is 15.0. The number of aryl methyl sites for hydroxylation is 3. The van der Waals surface area contributed by atoms with Gasteiger partial charge in [-0.1, -0.05) is 6.07 Å². The van der Waals surface area contributed by atoms with Gasteiger partial charge in [-0.15, -0.1) is 0 Å². The fourth-order valence-electron chi connectivity index (χ4n) is 2.53. The molecule has 2 aromatic carbocycles. The molecule has 2 N–H and O–H groups in total. The highest BCUT2D eigenvalue weighted by Gasteiger charge is 2.07. The van der Waals surface area contributed by atoms with Crippen molar-refractivity contribution in [3.63, 3.8) is 0 Å². The number of aromatic nitrogens is 2. The van der Waals surface area contributed by atoms with Gasteiger partial charge in [-0.3, -0.25) is 4.57 Å². The molecule has 20 heavy (non-hydrogen) atoms. The van der Waals surface area contributed by atoms with E-state index in [1.165, 1.54) is 22.3 Å². The normalized spacial score (nSPS) is 11.2. The van der Waals surface area contributed by atoms with Crippen LogP contribution in [-0.2, 0) is 6.54 Å². The quantitative estimate of drug-likeness (QED) is 0.771. The van der Waals surface area contributed by atoms with Crippen molar-refractivity contribution >= 4 is 11.0 Å². The summed E-state index contributed by atoms with van der Waals surface area (Å²) in [4.78, 5) is 4.51. The number of hydrogen-bond acceptors (Lipinski definition) is 2. The van der Waals surface area contributed by atoms with Crippen molar-refractivity contribution in [3.8, 4) is 5.69 Å². The highest BCUT2D eigenvalue weighted by molar-refractivity contribution is 5.79. The van der Waals surface area contributed by atoms with Crippen LogP contribution in [0.2, 0.25) is 0 Å². The summed E-state index contributed by atoms with van der Waals surface area (Å²) in [6.07, 6.45) is 1.89. The van der Waals surface area contributed by atoms with E-state index in [-0.39, 0.29) is 0 Å². The summed E-state index contributed by atoms with van der Waals surface area (Å²) in [5, 5.41) is 0. The first-order chi connectivity index (χ1) is 9.60. The molecule has 3 heteroatoms. The van der Waals surface area contributed by atoms with E-state index in [0.29, 0.717) is 6.54 Å². The van der Waals surface area contributed by atoms with Gasteiger partial charge < -0.3 is 5.73 Å². The Morgan fingerprint density at radius 2 is 1.75 bits per heavy atom. The first-order valence-corrected chi connectivity index (χ1v) is 6.84. The second-order valence-electron chi connectivity index (χ2n) is 5.35. The Bertz CT molecular complexity index is 784. The van der Waals surface area contributed by atoms with Gasteiger partial charge >= 0.3 is 0 Å². The fourth-order valence-corrected chi connectivity index (χ4v) is 2.53. The summed E-state index contributed by atoms with van der Waals surface area (Å²) in [5.74, 6) is 0. The molecule has 0 radical (unpaired) electrons. The molecule has 0 unspecified atom stereocenters. The number of hydrogen-bond donors (Lipinski definition) is 1. The predicted molar refractivity (Wildman–Crippen MR) is 83.2 cm³/mol. The van der Waals surface area contributed by atoms with Gasteiger partial charge in [-0.2, -0.15) is 0 Å². The van der Waals surface area contributed by atoms with E-state index >= 15 is 0 Å². The zero-order valence-electron chi connectivity index (χ0n) is 12.1. The van der Waals surface area contributed by atoms with Crippen molar-refractivity contribution in [2.45, 2.75) is 27.3 Å². The lowest BCUT2D eigenvalue weighted by molar-refractivity contribution is 1.03. The van der Waals surface area contributed by atoms with Gasteiger partial charge in [0.25, 0.3) is 0 Å². The molecule has 0 saturated carbocycles. The molecule has 3 aromatic rings. The Morgan fingerprint density at radius 1 is 1.00 bits per heavy atom. The van der Waals surface area contributed by atoms with Gasteiger partial charge in [0, 0.05) is 12.2 Å². The smallest absolute Gasteiger partial charge is 0.100 e. The fraction of sp³-hybridized carbons (Fsp3) is 0.235. The van der Waals surface area contributed by atoms with Crippen LogP contribution in [0.5, 0.6) is 0 Å². The summed E-state index contributed by atoms with van der Waals surface area (Å²) in [7, 11) is 0. The first-order valence-electron chi connectivity index (χ1n) is 6.84. The van der Waals surface area contributed by atoms with E-state index in [1.54, 1.807) is 0 Å². The van der Waals surface area contributed by atoms with Crippen molar-refractivity contribution in [3.05, 3.63) is 58.9 Å². The van der Waals surface area contributed by atoms with Crippen molar-refractivity contribution in [1.29, 1.82) is 0 Å². The van der Waals surface area contributed by atoms with Crippen LogP contribution in [0, 0.1) is 20.8 Å². The van der Waals surface area contributed by atoms with Crippen LogP contribution >= 0.6 is 0 Å². The first kappa shape index (κ1) is 12.9. The van der Waals surface area contributed by atoms with Gasteiger partial charge in [-0.05, 0) is 67.3 Å². The van der Waals surface area contributed by atoms with Crippen LogP contribution in [0.15, 0.2) is 36.7 Å². The molecular formula is C17H19N3. The minimum Gasteiger partial charge on any atom is -0.326 e. The molecule has 0 saturated heterocycles. The van der Waals surface area contributed by atoms with E-state index in [2.05, 4.69) is 60.7 Å².